The molecule has 0 aliphatic heterocycles. The molecule has 0 spiro atoms. The fourth-order valence-corrected chi connectivity index (χ4v) is 3.77. The second-order valence-corrected chi connectivity index (χ2v) is 7.89. The van der Waals surface area contributed by atoms with Gasteiger partial charge in [0.05, 0.1) is 11.9 Å². The second-order valence-electron chi connectivity index (χ2n) is 7.89. The van der Waals surface area contributed by atoms with Gasteiger partial charge in [-0.15, -0.1) is 0 Å². The number of halogens is 3. The minimum atomic E-state index is -0.706. The van der Waals surface area contributed by atoms with E-state index in [0.29, 0.717) is 17.7 Å². The number of benzene rings is 1. The maximum absolute atomic E-state index is 14.5. The second kappa shape index (κ2) is 11.0. The Morgan fingerprint density at radius 3 is 2.30 bits per heavy atom. The minimum absolute atomic E-state index is 0.0799. The maximum Gasteiger partial charge on any atom is 0.159 e. The van der Waals surface area contributed by atoms with Crippen molar-refractivity contribution in [1.29, 1.82) is 0 Å². The molecule has 2 aromatic rings. The summed E-state index contributed by atoms with van der Waals surface area (Å²) in [6.07, 6.45) is 13.2. The van der Waals surface area contributed by atoms with Gasteiger partial charge >= 0.3 is 0 Å². The van der Waals surface area contributed by atoms with Crippen LogP contribution in [0.2, 0.25) is 0 Å². The van der Waals surface area contributed by atoms with Crippen LogP contribution in [0, 0.1) is 35.3 Å². The van der Waals surface area contributed by atoms with Crippen LogP contribution in [0.5, 0.6) is 0 Å². The highest BCUT2D eigenvalue weighted by Gasteiger charge is 2.18. The van der Waals surface area contributed by atoms with Crippen molar-refractivity contribution in [2.45, 2.75) is 58.3 Å². The number of rotatable bonds is 6. The van der Waals surface area contributed by atoms with Crippen LogP contribution in [0.25, 0.3) is 11.4 Å². The molecule has 1 heterocycles. The standard InChI is InChI=1S/C25H27F3N2/c1-2-3-4-5-20-16-29-25(30-17-20)21-14-23(27)22(24(28)15-21)11-10-18-6-8-19(9-7-18)12-13-26/h12-19H,2-9H2,1H3/t18-,19-. The van der Waals surface area contributed by atoms with Gasteiger partial charge in [-0.3, -0.25) is 0 Å². The number of nitrogens with zero attached hydrogens (tertiary/aromatic N) is 2. The lowest BCUT2D eigenvalue weighted by Gasteiger charge is -2.22. The van der Waals surface area contributed by atoms with Gasteiger partial charge in [0, 0.05) is 23.9 Å². The van der Waals surface area contributed by atoms with Crippen molar-refractivity contribution in [2.75, 3.05) is 0 Å². The molecular weight excluding hydrogens is 385 g/mol. The number of hydrogen-bond donors (Lipinski definition) is 0. The maximum atomic E-state index is 14.5. The highest BCUT2D eigenvalue weighted by atomic mass is 19.1. The molecule has 1 saturated carbocycles. The van der Waals surface area contributed by atoms with E-state index in [9.17, 15) is 13.2 Å². The van der Waals surface area contributed by atoms with Crippen molar-refractivity contribution >= 4 is 0 Å². The third-order valence-electron chi connectivity index (χ3n) is 5.59. The van der Waals surface area contributed by atoms with Crippen molar-refractivity contribution in [3.63, 3.8) is 0 Å². The average Bonchev–Trinajstić information content (AvgIpc) is 2.75. The van der Waals surface area contributed by atoms with Gasteiger partial charge in [-0.25, -0.2) is 23.1 Å². The Morgan fingerprint density at radius 1 is 1.03 bits per heavy atom. The average molecular weight is 412 g/mol. The van der Waals surface area contributed by atoms with E-state index in [1.54, 1.807) is 18.5 Å². The molecule has 0 radical (unpaired) electrons. The van der Waals surface area contributed by atoms with Crippen LogP contribution in [0.3, 0.4) is 0 Å². The predicted octanol–water partition coefficient (Wildman–Crippen LogP) is 6.80. The Hall–Kier alpha value is -2.61. The summed E-state index contributed by atoms with van der Waals surface area (Å²) < 4.78 is 41.4. The third-order valence-corrected chi connectivity index (χ3v) is 5.59. The van der Waals surface area contributed by atoms with Gasteiger partial charge in [-0.05, 0) is 62.1 Å². The predicted molar refractivity (Wildman–Crippen MR) is 113 cm³/mol. The molecule has 0 unspecified atom stereocenters. The first-order valence-electron chi connectivity index (χ1n) is 10.7. The Bertz CT molecular complexity index is 895. The zero-order chi connectivity index (χ0) is 21.3. The van der Waals surface area contributed by atoms with Gasteiger partial charge in [0.1, 0.15) is 11.6 Å². The Labute approximate surface area is 176 Å². The first kappa shape index (κ1) is 22.1. The summed E-state index contributed by atoms with van der Waals surface area (Å²) in [6.45, 7) is 2.15. The summed E-state index contributed by atoms with van der Waals surface area (Å²) in [5.41, 5.74) is 1.10. The Morgan fingerprint density at radius 2 is 1.70 bits per heavy atom. The summed E-state index contributed by atoms with van der Waals surface area (Å²) in [5, 5.41) is 0. The molecule has 2 nitrogen and oxygen atoms in total. The van der Waals surface area contributed by atoms with Crippen LogP contribution in [0.1, 0.15) is 63.0 Å². The smallest absolute Gasteiger partial charge is 0.159 e. The fraction of sp³-hybridized carbons (Fsp3) is 0.440. The fourth-order valence-electron chi connectivity index (χ4n) is 3.77. The van der Waals surface area contributed by atoms with Crippen LogP contribution >= 0.6 is 0 Å². The van der Waals surface area contributed by atoms with Crippen LogP contribution in [-0.4, -0.2) is 9.97 Å². The largest absolute Gasteiger partial charge is 0.236 e. The van der Waals surface area contributed by atoms with Crippen molar-refractivity contribution in [3.05, 3.63) is 59.7 Å². The molecule has 1 aromatic heterocycles. The molecule has 158 valence electrons. The van der Waals surface area contributed by atoms with Crippen LogP contribution in [-0.2, 0) is 6.42 Å². The van der Waals surface area contributed by atoms with Crippen molar-refractivity contribution in [3.8, 4) is 23.2 Å². The van der Waals surface area contributed by atoms with Crippen molar-refractivity contribution in [2.24, 2.45) is 11.8 Å². The van der Waals surface area contributed by atoms with Gasteiger partial charge in [0.15, 0.2) is 5.82 Å². The molecule has 1 aliphatic rings. The lowest BCUT2D eigenvalue weighted by molar-refractivity contribution is 0.362. The first-order chi connectivity index (χ1) is 14.6. The third kappa shape index (κ3) is 5.95. The van der Waals surface area contributed by atoms with Crippen molar-refractivity contribution in [1.82, 2.24) is 9.97 Å². The van der Waals surface area contributed by atoms with E-state index in [4.69, 9.17) is 0 Å². The molecule has 1 aromatic carbocycles. The zero-order valence-electron chi connectivity index (χ0n) is 17.3. The van der Waals surface area contributed by atoms with Crippen LogP contribution in [0.4, 0.5) is 13.2 Å². The zero-order valence-corrected chi connectivity index (χ0v) is 17.3. The van der Waals surface area contributed by atoms with E-state index in [2.05, 4.69) is 28.7 Å². The summed E-state index contributed by atoms with van der Waals surface area (Å²) >= 11 is 0. The van der Waals surface area contributed by atoms with Crippen LogP contribution in [0.15, 0.2) is 36.9 Å². The van der Waals surface area contributed by atoms with E-state index in [-0.39, 0.29) is 17.4 Å². The highest BCUT2D eigenvalue weighted by molar-refractivity contribution is 5.57. The molecule has 5 heteroatoms. The highest BCUT2D eigenvalue weighted by Crippen LogP contribution is 2.29. The summed E-state index contributed by atoms with van der Waals surface area (Å²) in [7, 11) is 0. The molecule has 0 bridgehead atoms. The number of aromatic nitrogens is 2. The number of aryl methyl sites for hydroxylation is 1. The Kier molecular flexibility index (Phi) is 8.07. The summed E-state index contributed by atoms with van der Waals surface area (Å²) in [4.78, 5) is 8.54. The van der Waals surface area contributed by atoms with E-state index in [1.807, 2.05) is 0 Å². The van der Waals surface area contributed by atoms with Gasteiger partial charge < -0.3 is 0 Å². The van der Waals surface area contributed by atoms with E-state index >= 15 is 0 Å². The number of unbranched alkanes of at least 4 members (excludes halogenated alkanes) is 2. The summed E-state index contributed by atoms with van der Waals surface area (Å²) in [5.74, 6) is 4.87. The van der Waals surface area contributed by atoms with E-state index < -0.39 is 11.6 Å². The van der Waals surface area contributed by atoms with Crippen LogP contribution < -0.4 is 0 Å². The molecule has 1 fully saturated rings. The SMILES string of the molecule is CCCCCc1cnc(-c2cc(F)c(C#C[C@H]3CC[C@H](C=CF)CC3)c(F)c2)nc1. The summed E-state index contributed by atoms with van der Waals surface area (Å²) in [6, 6.07) is 2.48. The van der Waals surface area contributed by atoms with Crippen molar-refractivity contribution < 1.29 is 13.2 Å². The van der Waals surface area contributed by atoms with Gasteiger partial charge in [0.2, 0.25) is 0 Å². The molecule has 0 saturated heterocycles. The van der Waals surface area contributed by atoms with Gasteiger partial charge in [-0.1, -0.05) is 37.7 Å². The minimum Gasteiger partial charge on any atom is -0.236 e. The lowest BCUT2D eigenvalue weighted by Crippen LogP contribution is -2.11. The van der Waals surface area contributed by atoms with Gasteiger partial charge in [-0.2, -0.15) is 0 Å². The molecule has 0 N–H and O–H groups in total. The Balaban J connectivity index is 1.69. The number of hydrogen-bond acceptors (Lipinski definition) is 2. The molecule has 3 rings (SSSR count). The molecule has 30 heavy (non-hydrogen) atoms. The molecule has 0 amide bonds. The topological polar surface area (TPSA) is 25.8 Å². The normalized spacial score (nSPS) is 18.9. The molecule has 1 aliphatic carbocycles. The van der Waals surface area contributed by atoms with E-state index in [1.165, 1.54) is 12.1 Å². The molecular formula is C25H27F3N2. The lowest BCUT2D eigenvalue weighted by atomic mass is 9.82. The quantitative estimate of drug-likeness (QED) is 0.385. The first-order valence-corrected chi connectivity index (χ1v) is 10.7. The van der Waals surface area contributed by atoms with Gasteiger partial charge in [0.25, 0.3) is 0 Å². The number of allylic oxidation sites excluding steroid dienone is 1. The van der Waals surface area contributed by atoms with E-state index in [0.717, 1.165) is 56.9 Å². The molecule has 0 atom stereocenters. The monoisotopic (exact) mass is 412 g/mol.